The molecule has 0 unspecified atom stereocenters. The van der Waals surface area contributed by atoms with Crippen molar-refractivity contribution in [3.8, 4) is 11.3 Å². The zero-order chi connectivity index (χ0) is 19.8. The second-order valence-corrected chi connectivity index (χ2v) is 6.94. The number of hydrogen-bond donors (Lipinski definition) is 3. The summed E-state index contributed by atoms with van der Waals surface area (Å²) < 4.78 is 5.33. The summed E-state index contributed by atoms with van der Waals surface area (Å²) in [7, 11) is 0. The van der Waals surface area contributed by atoms with Gasteiger partial charge >= 0.3 is 11.8 Å². The molecule has 0 spiro atoms. The number of carbonyl (C=O) groups excluding carboxylic acids is 2. The summed E-state index contributed by atoms with van der Waals surface area (Å²) in [4.78, 5) is 23.8. The standard InChI is InChI=1S/C22H26N2O4/c25-19(17-8-10-18(11-9-17)20-7-4-14-28-20)15-24-22(27)21(26)23-13-12-16-5-2-1-3-6-16/h4-5,7-11,14,19,25H,1-3,6,12-13,15H2,(H,23,26)(H,24,27)/t19-/m0/s1. The minimum absolute atomic E-state index is 0.0303. The normalized spacial score (nSPS) is 14.8. The molecule has 1 aliphatic rings. The van der Waals surface area contributed by atoms with Gasteiger partial charge in [-0.1, -0.05) is 35.9 Å². The quantitative estimate of drug-likeness (QED) is 0.507. The SMILES string of the molecule is O=C(NCCC1=CCCCC1)C(=O)NC[C@H](O)c1ccc(-c2ccco2)cc1. The molecular weight excluding hydrogens is 356 g/mol. The molecular formula is C22H26N2O4. The molecule has 3 N–H and O–H groups in total. The third-order valence-electron chi connectivity index (χ3n) is 4.88. The van der Waals surface area contributed by atoms with E-state index in [0.29, 0.717) is 12.1 Å². The van der Waals surface area contributed by atoms with Crippen molar-refractivity contribution < 1.29 is 19.1 Å². The molecule has 1 atom stereocenters. The number of carbonyl (C=O) groups is 2. The van der Waals surface area contributed by atoms with E-state index < -0.39 is 17.9 Å². The van der Waals surface area contributed by atoms with Crippen LogP contribution in [0.4, 0.5) is 0 Å². The molecule has 28 heavy (non-hydrogen) atoms. The molecule has 0 saturated heterocycles. The molecule has 0 radical (unpaired) electrons. The smallest absolute Gasteiger partial charge is 0.309 e. The first-order chi connectivity index (χ1) is 13.6. The van der Waals surface area contributed by atoms with Gasteiger partial charge < -0.3 is 20.2 Å². The van der Waals surface area contributed by atoms with Crippen molar-refractivity contribution in [2.24, 2.45) is 0 Å². The molecule has 0 aliphatic heterocycles. The van der Waals surface area contributed by atoms with Gasteiger partial charge in [0, 0.05) is 18.7 Å². The van der Waals surface area contributed by atoms with Gasteiger partial charge in [-0.3, -0.25) is 9.59 Å². The Balaban J connectivity index is 1.40. The van der Waals surface area contributed by atoms with Crippen molar-refractivity contribution in [2.75, 3.05) is 13.1 Å². The molecule has 1 aromatic heterocycles. The van der Waals surface area contributed by atoms with Crippen LogP contribution in [0.15, 0.2) is 58.7 Å². The minimum atomic E-state index is -0.894. The fraction of sp³-hybridized carbons (Fsp3) is 0.364. The highest BCUT2D eigenvalue weighted by Crippen LogP contribution is 2.22. The summed E-state index contributed by atoms with van der Waals surface area (Å²) in [5, 5.41) is 15.4. The molecule has 2 aromatic rings. The predicted molar refractivity (Wildman–Crippen MR) is 106 cm³/mol. The fourth-order valence-electron chi connectivity index (χ4n) is 3.25. The van der Waals surface area contributed by atoms with E-state index in [1.165, 1.54) is 18.4 Å². The first-order valence-electron chi connectivity index (χ1n) is 9.69. The lowest BCUT2D eigenvalue weighted by Gasteiger charge is -2.14. The molecule has 148 valence electrons. The monoisotopic (exact) mass is 382 g/mol. The number of rotatable bonds is 7. The summed E-state index contributed by atoms with van der Waals surface area (Å²) in [6.07, 6.45) is 8.32. The van der Waals surface area contributed by atoms with Crippen LogP contribution in [0.25, 0.3) is 11.3 Å². The van der Waals surface area contributed by atoms with Crippen LogP contribution in [-0.2, 0) is 9.59 Å². The van der Waals surface area contributed by atoms with Gasteiger partial charge in [-0.05, 0) is 49.8 Å². The van der Waals surface area contributed by atoms with Crippen LogP contribution >= 0.6 is 0 Å². The van der Waals surface area contributed by atoms with Crippen LogP contribution in [-0.4, -0.2) is 30.0 Å². The number of furan rings is 1. The van der Waals surface area contributed by atoms with Crippen LogP contribution in [0.1, 0.15) is 43.8 Å². The van der Waals surface area contributed by atoms with E-state index in [0.717, 1.165) is 30.6 Å². The summed E-state index contributed by atoms with van der Waals surface area (Å²) in [5.41, 5.74) is 2.90. The molecule has 0 fully saturated rings. The molecule has 1 heterocycles. The Morgan fingerprint density at radius 1 is 1.07 bits per heavy atom. The number of benzene rings is 1. The van der Waals surface area contributed by atoms with Crippen molar-refractivity contribution in [1.29, 1.82) is 0 Å². The van der Waals surface area contributed by atoms with Crippen molar-refractivity contribution in [2.45, 2.75) is 38.2 Å². The number of amides is 2. The maximum Gasteiger partial charge on any atom is 0.309 e. The van der Waals surface area contributed by atoms with Crippen LogP contribution in [0.3, 0.4) is 0 Å². The Morgan fingerprint density at radius 2 is 1.86 bits per heavy atom. The second kappa shape index (κ2) is 9.90. The molecule has 2 amide bonds. The van der Waals surface area contributed by atoms with Crippen LogP contribution < -0.4 is 10.6 Å². The molecule has 6 heteroatoms. The van der Waals surface area contributed by atoms with Gasteiger partial charge in [0.05, 0.1) is 12.4 Å². The number of aliphatic hydroxyl groups excluding tert-OH is 1. The number of aliphatic hydroxyl groups is 1. The Bertz CT molecular complexity index is 810. The average Bonchev–Trinajstić information content (AvgIpc) is 3.27. The lowest BCUT2D eigenvalue weighted by Crippen LogP contribution is -2.41. The van der Waals surface area contributed by atoms with Gasteiger partial charge in [0.15, 0.2) is 0 Å². The number of nitrogens with one attached hydrogen (secondary N) is 2. The highest BCUT2D eigenvalue weighted by atomic mass is 16.3. The maximum absolute atomic E-state index is 11.9. The van der Waals surface area contributed by atoms with E-state index in [9.17, 15) is 14.7 Å². The highest BCUT2D eigenvalue weighted by molar-refractivity contribution is 6.35. The van der Waals surface area contributed by atoms with Crippen LogP contribution in [0, 0.1) is 0 Å². The van der Waals surface area contributed by atoms with Gasteiger partial charge in [0.2, 0.25) is 0 Å². The lowest BCUT2D eigenvalue weighted by atomic mass is 9.97. The summed E-state index contributed by atoms with van der Waals surface area (Å²) >= 11 is 0. The van der Waals surface area contributed by atoms with Crippen molar-refractivity contribution in [3.63, 3.8) is 0 Å². The van der Waals surface area contributed by atoms with E-state index in [1.807, 2.05) is 24.3 Å². The third kappa shape index (κ3) is 5.57. The van der Waals surface area contributed by atoms with Crippen LogP contribution in [0.5, 0.6) is 0 Å². The van der Waals surface area contributed by atoms with E-state index in [1.54, 1.807) is 18.4 Å². The van der Waals surface area contributed by atoms with Gasteiger partial charge in [0.25, 0.3) is 0 Å². The zero-order valence-corrected chi connectivity index (χ0v) is 15.8. The summed E-state index contributed by atoms with van der Waals surface area (Å²) in [6, 6.07) is 10.9. The fourth-order valence-corrected chi connectivity index (χ4v) is 3.25. The minimum Gasteiger partial charge on any atom is -0.464 e. The van der Waals surface area contributed by atoms with Crippen molar-refractivity contribution >= 4 is 11.8 Å². The maximum atomic E-state index is 11.9. The number of hydrogen-bond acceptors (Lipinski definition) is 4. The summed E-state index contributed by atoms with van der Waals surface area (Å²) in [5.74, 6) is -0.657. The highest BCUT2D eigenvalue weighted by Gasteiger charge is 2.16. The van der Waals surface area contributed by atoms with E-state index in [2.05, 4.69) is 16.7 Å². The Labute approximate surface area is 164 Å². The Morgan fingerprint density at radius 3 is 2.54 bits per heavy atom. The first-order valence-corrected chi connectivity index (χ1v) is 9.69. The van der Waals surface area contributed by atoms with E-state index >= 15 is 0 Å². The Kier molecular flexibility index (Phi) is 7.03. The van der Waals surface area contributed by atoms with Gasteiger partial charge in [-0.2, -0.15) is 0 Å². The topological polar surface area (TPSA) is 91.6 Å². The third-order valence-corrected chi connectivity index (χ3v) is 4.88. The Hall–Kier alpha value is -2.86. The van der Waals surface area contributed by atoms with Crippen molar-refractivity contribution in [1.82, 2.24) is 10.6 Å². The second-order valence-electron chi connectivity index (χ2n) is 6.94. The van der Waals surface area contributed by atoms with Gasteiger partial charge in [-0.15, -0.1) is 0 Å². The molecule has 0 bridgehead atoms. The van der Waals surface area contributed by atoms with Gasteiger partial charge in [-0.25, -0.2) is 0 Å². The number of allylic oxidation sites excluding steroid dienone is 1. The molecule has 6 nitrogen and oxygen atoms in total. The molecule has 3 rings (SSSR count). The van der Waals surface area contributed by atoms with Gasteiger partial charge in [0.1, 0.15) is 5.76 Å². The molecule has 1 aliphatic carbocycles. The lowest BCUT2D eigenvalue weighted by molar-refractivity contribution is -0.139. The zero-order valence-electron chi connectivity index (χ0n) is 15.8. The average molecular weight is 382 g/mol. The first kappa shape index (κ1) is 19.9. The molecule has 0 saturated carbocycles. The predicted octanol–water partition coefficient (Wildman–Crippen LogP) is 3.10. The molecule has 1 aromatic carbocycles. The van der Waals surface area contributed by atoms with E-state index in [4.69, 9.17) is 4.42 Å². The summed E-state index contributed by atoms with van der Waals surface area (Å²) in [6.45, 7) is 0.423. The van der Waals surface area contributed by atoms with Crippen LogP contribution in [0.2, 0.25) is 0 Å². The largest absolute Gasteiger partial charge is 0.464 e. The van der Waals surface area contributed by atoms with E-state index in [-0.39, 0.29) is 6.54 Å². The van der Waals surface area contributed by atoms with Crippen molar-refractivity contribution in [3.05, 3.63) is 59.9 Å².